The predicted octanol–water partition coefficient (Wildman–Crippen LogP) is 3.57. The van der Waals surface area contributed by atoms with Gasteiger partial charge in [-0.2, -0.15) is 11.8 Å². The second-order valence-electron chi connectivity index (χ2n) is 7.77. The Morgan fingerprint density at radius 3 is 2.71 bits per heavy atom. The van der Waals surface area contributed by atoms with Gasteiger partial charge in [-0.25, -0.2) is 0 Å². The molecule has 156 valence electrons. The monoisotopic (exact) mass is 425 g/mol. The minimum absolute atomic E-state index is 0. The zero-order valence-electron chi connectivity index (χ0n) is 16.8. The highest BCUT2D eigenvalue weighted by atomic mass is 35.5. The van der Waals surface area contributed by atoms with E-state index in [1.807, 2.05) is 41.8 Å². The zero-order chi connectivity index (χ0) is 19.2. The Labute approximate surface area is 178 Å². The third kappa shape index (κ3) is 6.13. The highest BCUT2D eigenvalue weighted by molar-refractivity contribution is 7.99. The number of halogens is 1. The van der Waals surface area contributed by atoms with Crippen molar-refractivity contribution in [2.24, 2.45) is 11.8 Å². The molecule has 2 aliphatic rings. The van der Waals surface area contributed by atoms with Crippen LogP contribution in [0.1, 0.15) is 42.1 Å². The van der Waals surface area contributed by atoms with Gasteiger partial charge in [-0.05, 0) is 68.5 Å². The van der Waals surface area contributed by atoms with Crippen LogP contribution in [0.4, 0.5) is 5.69 Å². The van der Waals surface area contributed by atoms with Crippen molar-refractivity contribution in [3.8, 4) is 0 Å². The number of nitrogens with zero attached hydrogens (tertiary/aromatic N) is 1. The van der Waals surface area contributed by atoms with Crippen molar-refractivity contribution in [2.75, 3.05) is 43.0 Å². The molecule has 0 saturated carbocycles. The topological polar surface area (TPSA) is 61.4 Å². The Morgan fingerprint density at radius 1 is 1.32 bits per heavy atom. The number of hydrogen-bond donors (Lipinski definition) is 2. The van der Waals surface area contributed by atoms with Gasteiger partial charge in [0.15, 0.2) is 0 Å². The van der Waals surface area contributed by atoms with Crippen LogP contribution in [-0.4, -0.2) is 54.4 Å². The Bertz CT molecular complexity index is 674. The number of thioether (sulfide) groups is 1. The zero-order valence-corrected chi connectivity index (χ0v) is 18.5. The van der Waals surface area contributed by atoms with Gasteiger partial charge in [-0.15, -0.1) is 12.4 Å². The van der Waals surface area contributed by atoms with Gasteiger partial charge in [0, 0.05) is 42.3 Å². The molecule has 0 aliphatic carbocycles. The fourth-order valence-corrected chi connectivity index (χ4v) is 4.81. The van der Waals surface area contributed by atoms with Gasteiger partial charge in [0.25, 0.3) is 5.91 Å². The van der Waals surface area contributed by atoms with Crippen molar-refractivity contribution in [1.29, 1.82) is 0 Å². The van der Waals surface area contributed by atoms with Crippen LogP contribution in [0.2, 0.25) is 0 Å². The lowest BCUT2D eigenvalue weighted by molar-refractivity contribution is -0.117. The number of benzene rings is 1. The molecule has 1 aromatic carbocycles. The van der Waals surface area contributed by atoms with E-state index in [1.165, 1.54) is 12.8 Å². The molecule has 5 nitrogen and oxygen atoms in total. The smallest absolute Gasteiger partial charge is 0.253 e. The molecular weight excluding hydrogens is 394 g/mol. The number of nitrogens with one attached hydrogen (secondary N) is 2. The molecule has 7 heteroatoms. The summed E-state index contributed by atoms with van der Waals surface area (Å²) in [4.78, 5) is 27.0. The molecule has 2 amide bonds. The third-order valence-electron chi connectivity index (χ3n) is 5.69. The molecule has 0 radical (unpaired) electrons. The molecule has 2 saturated heterocycles. The van der Waals surface area contributed by atoms with Gasteiger partial charge in [0.05, 0.1) is 0 Å². The van der Waals surface area contributed by atoms with Crippen LogP contribution in [0.3, 0.4) is 0 Å². The van der Waals surface area contributed by atoms with Crippen molar-refractivity contribution in [1.82, 2.24) is 10.2 Å². The van der Waals surface area contributed by atoms with E-state index in [9.17, 15) is 9.59 Å². The maximum atomic E-state index is 12.6. The first kappa shape index (κ1) is 23.0. The molecule has 0 bridgehead atoms. The molecule has 0 aromatic heterocycles. The Hall–Kier alpha value is -1.24. The van der Waals surface area contributed by atoms with Crippen molar-refractivity contribution >= 4 is 41.7 Å². The van der Waals surface area contributed by atoms with Crippen LogP contribution in [-0.2, 0) is 4.79 Å². The Balaban J connectivity index is 0.00000280. The molecule has 2 unspecified atom stereocenters. The van der Waals surface area contributed by atoms with Gasteiger partial charge in [0.1, 0.15) is 0 Å². The van der Waals surface area contributed by atoms with Crippen molar-refractivity contribution in [3.05, 3.63) is 29.3 Å². The van der Waals surface area contributed by atoms with Gasteiger partial charge < -0.3 is 15.5 Å². The number of carbonyl (C=O) groups excluding carboxylic acids is 2. The summed E-state index contributed by atoms with van der Waals surface area (Å²) in [5, 5.41) is 6.46. The minimum Gasteiger partial charge on any atom is -0.337 e. The van der Waals surface area contributed by atoms with Crippen LogP contribution in [0.15, 0.2) is 18.2 Å². The molecule has 2 fully saturated rings. The summed E-state index contributed by atoms with van der Waals surface area (Å²) in [5.74, 6) is 3.11. The maximum Gasteiger partial charge on any atom is 0.253 e. The van der Waals surface area contributed by atoms with Crippen LogP contribution in [0, 0.1) is 18.8 Å². The molecule has 3 rings (SSSR count). The van der Waals surface area contributed by atoms with Crippen molar-refractivity contribution in [2.45, 2.75) is 33.1 Å². The maximum absolute atomic E-state index is 12.6. The molecule has 2 N–H and O–H groups in total. The summed E-state index contributed by atoms with van der Waals surface area (Å²) in [5.41, 5.74) is 2.45. The predicted molar refractivity (Wildman–Crippen MR) is 120 cm³/mol. The first-order chi connectivity index (χ1) is 13.0. The molecule has 1 aromatic rings. The van der Waals surface area contributed by atoms with Gasteiger partial charge >= 0.3 is 0 Å². The second-order valence-corrected chi connectivity index (χ2v) is 9.00. The second kappa shape index (κ2) is 11.1. The van der Waals surface area contributed by atoms with E-state index in [1.54, 1.807) is 0 Å². The van der Waals surface area contributed by atoms with E-state index >= 15 is 0 Å². The molecule has 2 atom stereocenters. The number of anilines is 1. The van der Waals surface area contributed by atoms with E-state index < -0.39 is 0 Å². The Kier molecular flexibility index (Phi) is 9.12. The van der Waals surface area contributed by atoms with E-state index in [2.05, 4.69) is 17.6 Å². The van der Waals surface area contributed by atoms with Crippen molar-refractivity contribution in [3.63, 3.8) is 0 Å². The van der Waals surface area contributed by atoms with Crippen LogP contribution in [0.5, 0.6) is 0 Å². The summed E-state index contributed by atoms with van der Waals surface area (Å²) in [6.45, 7) is 7.86. The van der Waals surface area contributed by atoms with Crippen LogP contribution >= 0.6 is 24.2 Å². The summed E-state index contributed by atoms with van der Waals surface area (Å²) in [6, 6.07) is 5.60. The summed E-state index contributed by atoms with van der Waals surface area (Å²) in [6.07, 6.45) is 2.94. The fraction of sp³-hybridized carbons (Fsp3) is 0.619. The SMILES string of the molecule is Cc1cc(C(=O)N2CCSCC2)ccc1NC(=O)CC(C)C1CCCNC1.Cl. The summed E-state index contributed by atoms with van der Waals surface area (Å²) in [7, 11) is 0. The number of hydrogen-bond acceptors (Lipinski definition) is 4. The average molecular weight is 426 g/mol. The average Bonchev–Trinajstić information content (AvgIpc) is 2.70. The lowest BCUT2D eigenvalue weighted by atomic mass is 9.85. The number of carbonyl (C=O) groups is 2. The quantitative estimate of drug-likeness (QED) is 0.757. The normalized spacial score (nSPS) is 20.8. The fourth-order valence-electron chi connectivity index (χ4n) is 3.91. The van der Waals surface area contributed by atoms with Crippen molar-refractivity contribution < 1.29 is 9.59 Å². The summed E-state index contributed by atoms with van der Waals surface area (Å²) < 4.78 is 0. The summed E-state index contributed by atoms with van der Waals surface area (Å²) >= 11 is 1.89. The third-order valence-corrected chi connectivity index (χ3v) is 6.64. The first-order valence-electron chi connectivity index (χ1n) is 10.0. The van der Waals surface area contributed by atoms with E-state index in [-0.39, 0.29) is 24.2 Å². The lowest BCUT2D eigenvalue weighted by Gasteiger charge is -2.28. The first-order valence-corrected chi connectivity index (χ1v) is 11.2. The minimum atomic E-state index is 0. The number of piperidine rings is 1. The highest BCUT2D eigenvalue weighted by Gasteiger charge is 2.23. The van der Waals surface area contributed by atoms with Gasteiger partial charge in [0.2, 0.25) is 5.91 Å². The highest BCUT2D eigenvalue weighted by Crippen LogP contribution is 2.24. The number of aryl methyl sites for hydroxylation is 1. The van der Waals surface area contributed by atoms with E-state index in [4.69, 9.17) is 0 Å². The lowest BCUT2D eigenvalue weighted by Crippen LogP contribution is -2.37. The molecule has 2 heterocycles. The molecule has 28 heavy (non-hydrogen) atoms. The van der Waals surface area contributed by atoms with E-state index in [0.717, 1.165) is 48.9 Å². The Morgan fingerprint density at radius 2 is 2.07 bits per heavy atom. The van der Waals surface area contributed by atoms with E-state index in [0.29, 0.717) is 23.8 Å². The van der Waals surface area contributed by atoms with Gasteiger partial charge in [-0.3, -0.25) is 9.59 Å². The molecule has 2 aliphatic heterocycles. The molecule has 0 spiro atoms. The standard InChI is InChI=1S/C21H31N3O2S.ClH/c1-15(18-4-3-7-22-14-18)13-20(25)23-19-6-5-17(12-16(19)2)21(26)24-8-10-27-11-9-24;/h5-6,12,15,18,22H,3-4,7-11,13-14H2,1-2H3,(H,23,25);1H. The van der Waals surface area contributed by atoms with Gasteiger partial charge in [-0.1, -0.05) is 6.92 Å². The number of amides is 2. The molecular formula is C21H32ClN3O2S. The van der Waals surface area contributed by atoms with Crippen LogP contribution < -0.4 is 10.6 Å². The number of rotatable bonds is 5. The van der Waals surface area contributed by atoms with Crippen LogP contribution in [0.25, 0.3) is 0 Å². The largest absolute Gasteiger partial charge is 0.337 e.